The molecule has 2 aromatic rings. The first kappa shape index (κ1) is 18.0. The molecule has 1 aliphatic heterocycles. The summed E-state index contributed by atoms with van der Waals surface area (Å²) in [4.78, 5) is 18.3. The number of morpholine rings is 1. The van der Waals surface area contributed by atoms with E-state index in [1.54, 1.807) is 30.3 Å². The largest absolute Gasteiger partial charge is 0.493 e. The molecule has 138 valence electrons. The zero-order chi connectivity index (χ0) is 18.5. The highest BCUT2D eigenvalue weighted by Gasteiger charge is 2.21. The van der Waals surface area contributed by atoms with Gasteiger partial charge in [0, 0.05) is 19.2 Å². The van der Waals surface area contributed by atoms with E-state index in [1.165, 1.54) is 0 Å². The van der Waals surface area contributed by atoms with Crippen LogP contribution in [0.15, 0.2) is 36.5 Å². The molecule has 1 N–H and O–H groups in total. The molecule has 0 aliphatic carbocycles. The number of rotatable bonds is 4. The summed E-state index contributed by atoms with van der Waals surface area (Å²) in [5.41, 5.74) is 1.69. The molecular formula is C19H23N3O4. The fourth-order valence-electron chi connectivity index (χ4n) is 2.69. The maximum Gasteiger partial charge on any atom is 0.322 e. The van der Waals surface area contributed by atoms with Crippen molar-refractivity contribution < 1.29 is 19.0 Å². The molecule has 3 rings (SSSR count). The second-order valence-corrected chi connectivity index (χ2v) is 6.20. The van der Waals surface area contributed by atoms with Crippen LogP contribution in [0.3, 0.4) is 0 Å². The van der Waals surface area contributed by atoms with Crippen LogP contribution in [0.2, 0.25) is 0 Å². The Morgan fingerprint density at radius 2 is 2.15 bits per heavy atom. The van der Waals surface area contributed by atoms with Gasteiger partial charge in [0.25, 0.3) is 0 Å². The van der Waals surface area contributed by atoms with Gasteiger partial charge in [-0.05, 0) is 37.6 Å². The second-order valence-electron chi connectivity index (χ2n) is 6.20. The number of benzene rings is 1. The van der Waals surface area contributed by atoms with Crippen LogP contribution in [0, 0.1) is 6.92 Å². The smallest absolute Gasteiger partial charge is 0.322 e. The van der Waals surface area contributed by atoms with Crippen LogP contribution in [-0.4, -0.2) is 48.8 Å². The molecule has 7 heteroatoms. The fourth-order valence-corrected chi connectivity index (χ4v) is 2.69. The van der Waals surface area contributed by atoms with Gasteiger partial charge in [-0.15, -0.1) is 0 Å². The first-order valence-electron chi connectivity index (χ1n) is 8.51. The molecule has 7 nitrogen and oxygen atoms in total. The predicted octanol–water partition coefficient (Wildman–Crippen LogP) is 3.44. The van der Waals surface area contributed by atoms with E-state index in [0.717, 1.165) is 5.56 Å². The zero-order valence-electron chi connectivity index (χ0n) is 15.2. The number of carbonyl (C=O) groups excluding carboxylic acids is 1. The van der Waals surface area contributed by atoms with Crippen LogP contribution in [0.5, 0.6) is 17.4 Å². The maximum atomic E-state index is 12.3. The first-order valence-corrected chi connectivity index (χ1v) is 8.51. The van der Waals surface area contributed by atoms with Crippen molar-refractivity contribution in [2.45, 2.75) is 20.0 Å². The van der Waals surface area contributed by atoms with Crippen molar-refractivity contribution in [1.29, 1.82) is 0 Å². The normalized spacial score (nSPS) is 16.9. The summed E-state index contributed by atoms with van der Waals surface area (Å²) in [6.45, 7) is 5.65. The van der Waals surface area contributed by atoms with Crippen LogP contribution in [-0.2, 0) is 4.74 Å². The molecule has 26 heavy (non-hydrogen) atoms. The lowest BCUT2D eigenvalue weighted by atomic mass is 10.2. The average molecular weight is 357 g/mol. The summed E-state index contributed by atoms with van der Waals surface area (Å²) in [7, 11) is 1.60. The van der Waals surface area contributed by atoms with Gasteiger partial charge in [0.15, 0.2) is 11.5 Å². The number of nitrogens with one attached hydrogen (secondary N) is 1. The number of carbonyl (C=O) groups is 1. The quantitative estimate of drug-likeness (QED) is 0.907. The van der Waals surface area contributed by atoms with Gasteiger partial charge < -0.3 is 24.4 Å². The summed E-state index contributed by atoms with van der Waals surface area (Å²) in [6.07, 6.45) is 1.62. The Kier molecular flexibility index (Phi) is 5.58. The van der Waals surface area contributed by atoms with E-state index in [2.05, 4.69) is 10.3 Å². The number of anilines is 1. The number of pyridine rings is 1. The van der Waals surface area contributed by atoms with Crippen molar-refractivity contribution >= 4 is 11.7 Å². The van der Waals surface area contributed by atoms with Gasteiger partial charge in [-0.25, -0.2) is 9.78 Å². The molecular weight excluding hydrogens is 334 g/mol. The van der Waals surface area contributed by atoms with Crippen LogP contribution < -0.4 is 14.8 Å². The van der Waals surface area contributed by atoms with Gasteiger partial charge in [-0.1, -0.05) is 6.07 Å². The Bertz CT molecular complexity index is 764. The Hall–Kier alpha value is -2.80. The highest BCUT2D eigenvalue weighted by Crippen LogP contribution is 2.31. The molecule has 0 unspecified atom stereocenters. The van der Waals surface area contributed by atoms with Crippen molar-refractivity contribution in [3.8, 4) is 17.4 Å². The number of hydrogen-bond donors (Lipinski definition) is 1. The molecule has 1 aliphatic rings. The minimum absolute atomic E-state index is 0.0490. The summed E-state index contributed by atoms with van der Waals surface area (Å²) >= 11 is 0. The molecule has 1 fully saturated rings. The lowest BCUT2D eigenvalue weighted by Crippen LogP contribution is -2.46. The second kappa shape index (κ2) is 8.05. The molecule has 0 saturated carbocycles. The van der Waals surface area contributed by atoms with E-state index in [4.69, 9.17) is 14.2 Å². The van der Waals surface area contributed by atoms with E-state index in [1.807, 2.05) is 32.0 Å². The Morgan fingerprint density at radius 1 is 1.31 bits per heavy atom. The van der Waals surface area contributed by atoms with Gasteiger partial charge in [0.05, 0.1) is 31.7 Å². The summed E-state index contributed by atoms with van der Waals surface area (Å²) in [5.74, 6) is 1.65. The summed E-state index contributed by atoms with van der Waals surface area (Å²) in [6, 6.07) is 8.98. The van der Waals surface area contributed by atoms with Crippen LogP contribution in [0.1, 0.15) is 12.5 Å². The fraction of sp³-hybridized carbons (Fsp3) is 0.368. The Morgan fingerprint density at radius 3 is 2.85 bits per heavy atom. The van der Waals surface area contributed by atoms with Crippen LogP contribution >= 0.6 is 0 Å². The summed E-state index contributed by atoms with van der Waals surface area (Å²) < 4.78 is 16.5. The molecule has 0 bridgehead atoms. The number of urea groups is 1. The van der Waals surface area contributed by atoms with Crippen molar-refractivity contribution in [2.24, 2.45) is 0 Å². The summed E-state index contributed by atoms with van der Waals surface area (Å²) in [5, 5.41) is 2.84. The molecule has 1 atom stereocenters. The molecule has 1 saturated heterocycles. The third kappa shape index (κ3) is 4.43. The molecule has 0 spiro atoms. The molecule has 1 aromatic heterocycles. The van der Waals surface area contributed by atoms with Gasteiger partial charge in [-0.3, -0.25) is 0 Å². The number of nitrogens with zero attached hydrogens (tertiary/aromatic N) is 2. The van der Waals surface area contributed by atoms with E-state index < -0.39 is 0 Å². The van der Waals surface area contributed by atoms with Gasteiger partial charge in [0.1, 0.15) is 0 Å². The minimum Gasteiger partial charge on any atom is -0.493 e. The van der Waals surface area contributed by atoms with Crippen LogP contribution in [0.4, 0.5) is 10.5 Å². The number of aryl methyl sites for hydroxylation is 1. The predicted molar refractivity (Wildman–Crippen MR) is 98.0 cm³/mol. The number of methoxy groups -OCH3 is 1. The topological polar surface area (TPSA) is 72.9 Å². The average Bonchev–Trinajstić information content (AvgIpc) is 2.64. The SMILES string of the molecule is COc1cc(C)ccc1Oc1ccc(NC(=O)N2CCO[C@@H](C)C2)cn1. The van der Waals surface area contributed by atoms with Crippen molar-refractivity contribution in [1.82, 2.24) is 9.88 Å². The molecule has 2 amide bonds. The first-order chi connectivity index (χ1) is 12.5. The van der Waals surface area contributed by atoms with E-state index in [0.29, 0.717) is 42.8 Å². The van der Waals surface area contributed by atoms with Gasteiger partial charge >= 0.3 is 6.03 Å². The lowest BCUT2D eigenvalue weighted by molar-refractivity contribution is -0.00138. The highest BCUT2D eigenvalue weighted by atomic mass is 16.5. The van der Waals surface area contributed by atoms with E-state index >= 15 is 0 Å². The highest BCUT2D eigenvalue weighted by molar-refractivity contribution is 5.89. The molecule has 1 aromatic carbocycles. The minimum atomic E-state index is -0.157. The Balaban J connectivity index is 1.62. The van der Waals surface area contributed by atoms with Crippen molar-refractivity contribution in [2.75, 3.05) is 32.1 Å². The van der Waals surface area contributed by atoms with Gasteiger partial charge in [0.2, 0.25) is 5.88 Å². The third-order valence-electron chi connectivity index (χ3n) is 4.05. The number of aromatic nitrogens is 1. The van der Waals surface area contributed by atoms with E-state index in [9.17, 15) is 4.79 Å². The third-order valence-corrected chi connectivity index (χ3v) is 4.05. The standard InChI is InChI=1S/C19H23N3O4/c1-13-4-6-16(17(10-13)24-3)26-18-7-5-15(11-20-18)21-19(23)22-8-9-25-14(2)12-22/h4-7,10-11,14H,8-9,12H2,1-3H3,(H,21,23)/t14-/m0/s1. The lowest BCUT2D eigenvalue weighted by Gasteiger charge is -2.31. The number of hydrogen-bond acceptors (Lipinski definition) is 5. The zero-order valence-corrected chi connectivity index (χ0v) is 15.2. The maximum absolute atomic E-state index is 12.3. The van der Waals surface area contributed by atoms with Crippen molar-refractivity contribution in [3.05, 3.63) is 42.1 Å². The molecule has 2 heterocycles. The van der Waals surface area contributed by atoms with Crippen LogP contribution in [0.25, 0.3) is 0 Å². The number of ether oxygens (including phenoxy) is 3. The van der Waals surface area contributed by atoms with Crippen molar-refractivity contribution in [3.63, 3.8) is 0 Å². The number of amides is 2. The Labute approximate surface area is 152 Å². The van der Waals surface area contributed by atoms with E-state index in [-0.39, 0.29) is 12.1 Å². The monoisotopic (exact) mass is 357 g/mol. The molecule has 0 radical (unpaired) electrons. The van der Waals surface area contributed by atoms with Gasteiger partial charge in [-0.2, -0.15) is 0 Å².